The highest BCUT2D eigenvalue weighted by Crippen LogP contribution is 2.09. The lowest BCUT2D eigenvalue weighted by Gasteiger charge is -2.25. The Morgan fingerprint density at radius 2 is 0.580 bits per heavy atom. The van der Waals surface area contributed by atoms with Crippen molar-refractivity contribution in [2.45, 2.75) is 91.3 Å². The van der Waals surface area contributed by atoms with Crippen LogP contribution < -0.4 is 31.9 Å². The minimum absolute atomic E-state index is 0.0179. The topological polar surface area (TPSA) is 248 Å². The van der Waals surface area contributed by atoms with Gasteiger partial charge < -0.3 is 55.6 Å². The van der Waals surface area contributed by atoms with Crippen molar-refractivity contribution in [1.29, 1.82) is 0 Å². The summed E-state index contributed by atoms with van der Waals surface area (Å²) >= 11 is 0. The van der Waals surface area contributed by atoms with Crippen molar-refractivity contribution in [3.05, 3.63) is 144 Å². The minimum atomic E-state index is -0.685. The standard InChI is InChI=1S/C60H85N9O12/c1-60(2,3)81-55(72)44-69(40-16-30-61-53(70)42-67(36-18-32-63-56(73)77-45-49-22-8-4-9-23-49)37-19-33-64-57(74)78-46-50-24-10-5-11-25-50)41-17-31-62-54(71)43-68(38-20-34-65-58(75)79-47-51-26-12-6-13-27-51)39-21-35-66-59(76)80-48-52-28-14-7-15-29-52/h4-15,22-29H,16-21,30-48H2,1-3H3,(H,61,70)(H,62,71)(H,63,73)(H,64,74)(H,65,75)(H,66,76). The summed E-state index contributed by atoms with van der Waals surface area (Å²) in [7, 11) is 0. The lowest BCUT2D eigenvalue weighted by Crippen LogP contribution is -2.42. The van der Waals surface area contributed by atoms with Gasteiger partial charge in [-0.05, 0) is 81.5 Å². The fourth-order valence-corrected chi connectivity index (χ4v) is 8.01. The van der Waals surface area contributed by atoms with Crippen molar-refractivity contribution in [2.75, 3.05) is 98.2 Å². The number of carbonyl (C=O) groups is 7. The Balaban J connectivity index is 1.22. The number of esters is 1. The SMILES string of the molecule is CC(C)(C)OC(=O)CN(CCCNC(=O)CN(CCCNC(=O)OCc1ccccc1)CCCNC(=O)OCc1ccccc1)CCCNC(=O)CN(CCCNC(=O)OCc1ccccc1)CCCNC(=O)OCc1ccccc1. The Morgan fingerprint density at radius 1 is 0.346 bits per heavy atom. The Morgan fingerprint density at radius 3 is 0.827 bits per heavy atom. The second-order valence-corrected chi connectivity index (χ2v) is 20.2. The van der Waals surface area contributed by atoms with Crippen molar-refractivity contribution in [1.82, 2.24) is 46.6 Å². The first-order valence-corrected chi connectivity index (χ1v) is 27.9. The highest BCUT2D eigenvalue weighted by atomic mass is 16.6. The van der Waals surface area contributed by atoms with Crippen molar-refractivity contribution < 1.29 is 57.2 Å². The van der Waals surface area contributed by atoms with Gasteiger partial charge in [0.25, 0.3) is 0 Å². The maximum atomic E-state index is 13.3. The zero-order chi connectivity index (χ0) is 58.2. The van der Waals surface area contributed by atoms with Crippen molar-refractivity contribution >= 4 is 42.2 Å². The number of nitrogens with zero attached hydrogens (tertiary/aromatic N) is 3. The summed E-state index contributed by atoms with van der Waals surface area (Å²) in [5.41, 5.74) is 2.81. The summed E-state index contributed by atoms with van der Waals surface area (Å²) in [5.74, 6) is -0.796. The lowest BCUT2D eigenvalue weighted by molar-refractivity contribution is -0.156. The Hall–Kier alpha value is -7.75. The van der Waals surface area contributed by atoms with Crippen LogP contribution in [0.2, 0.25) is 0 Å². The van der Waals surface area contributed by atoms with E-state index in [9.17, 15) is 33.6 Å². The largest absolute Gasteiger partial charge is 0.459 e. The highest BCUT2D eigenvalue weighted by molar-refractivity contribution is 5.78. The molecule has 0 fully saturated rings. The zero-order valence-corrected chi connectivity index (χ0v) is 47.5. The smallest absolute Gasteiger partial charge is 0.407 e. The molecule has 0 aromatic heterocycles. The van der Waals surface area contributed by atoms with E-state index in [1.54, 1.807) is 20.8 Å². The number of amides is 6. The molecule has 6 N–H and O–H groups in total. The molecular weight excluding hydrogens is 1040 g/mol. The number of rotatable bonds is 38. The molecule has 4 aromatic rings. The third-order valence-corrected chi connectivity index (χ3v) is 12.0. The van der Waals surface area contributed by atoms with Gasteiger partial charge in [0.1, 0.15) is 32.0 Å². The first-order chi connectivity index (χ1) is 39.2. The third-order valence-electron chi connectivity index (χ3n) is 12.0. The van der Waals surface area contributed by atoms with E-state index in [1.807, 2.05) is 136 Å². The van der Waals surface area contributed by atoms with Crippen LogP contribution in [-0.4, -0.2) is 161 Å². The number of alkyl carbamates (subject to hydrolysis) is 4. The van der Waals surface area contributed by atoms with Gasteiger partial charge in [0.15, 0.2) is 0 Å². The minimum Gasteiger partial charge on any atom is -0.459 e. The summed E-state index contributed by atoms with van der Waals surface area (Å²) in [5, 5.41) is 17.1. The molecule has 442 valence electrons. The van der Waals surface area contributed by atoms with Gasteiger partial charge in [-0.25, -0.2) is 19.2 Å². The van der Waals surface area contributed by atoms with Crippen LogP contribution in [-0.2, 0) is 64.5 Å². The van der Waals surface area contributed by atoms with Crippen LogP contribution in [0.15, 0.2) is 121 Å². The van der Waals surface area contributed by atoms with Crippen LogP contribution in [0.1, 0.15) is 81.5 Å². The first-order valence-electron chi connectivity index (χ1n) is 27.9. The average molecular weight is 1120 g/mol. The Kier molecular flexibility index (Phi) is 32.1. The second-order valence-electron chi connectivity index (χ2n) is 20.2. The van der Waals surface area contributed by atoms with Crippen molar-refractivity contribution in [3.8, 4) is 0 Å². The predicted molar refractivity (Wildman–Crippen MR) is 307 cm³/mol. The molecular formula is C60H85N9O12. The number of carbonyl (C=O) groups excluding carboxylic acids is 7. The van der Waals surface area contributed by atoms with E-state index in [4.69, 9.17) is 23.7 Å². The monoisotopic (exact) mass is 1120 g/mol. The maximum absolute atomic E-state index is 13.3. The quantitative estimate of drug-likeness (QED) is 0.0159. The molecule has 0 aliphatic carbocycles. The van der Waals surface area contributed by atoms with Gasteiger partial charge >= 0.3 is 30.3 Å². The summed E-state index contributed by atoms with van der Waals surface area (Å²) < 4.78 is 26.9. The zero-order valence-electron chi connectivity index (χ0n) is 47.5. The van der Waals surface area contributed by atoms with Crippen LogP contribution in [0, 0.1) is 0 Å². The van der Waals surface area contributed by atoms with Crippen LogP contribution in [0.5, 0.6) is 0 Å². The Labute approximate surface area is 477 Å². The molecule has 0 bridgehead atoms. The molecule has 0 spiro atoms. The average Bonchev–Trinajstić information content (AvgIpc) is 3.46. The molecule has 0 saturated carbocycles. The van der Waals surface area contributed by atoms with Gasteiger partial charge in [0.05, 0.1) is 19.6 Å². The first kappa shape index (κ1) is 65.8. The van der Waals surface area contributed by atoms with E-state index in [0.29, 0.717) is 117 Å². The molecule has 0 atom stereocenters. The lowest BCUT2D eigenvalue weighted by atomic mass is 10.2. The van der Waals surface area contributed by atoms with Crippen LogP contribution in [0.25, 0.3) is 0 Å². The molecule has 0 saturated heterocycles. The molecule has 81 heavy (non-hydrogen) atoms. The van der Waals surface area contributed by atoms with Gasteiger partial charge in [-0.15, -0.1) is 0 Å². The van der Waals surface area contributed by atoms with E-state index in [-0.39, 0.29) is 57.9 Å². The molecule has 6 amide bonds. The van der Waals surface area contributed by atoms with Crippen molar-refractivity contribution in [2.24, 2.45) is 0 Å². The number of hydrogen-bond acceptors (Lipinski definition) is 15. The third kappa shape index (κ3) is 33.4. The molecule has 0 radical (unpaired) electrons. The molecule has 0 unspecified atom stereocenters. The predicted octanol–water partition coefficient (Wildman–Crippen LogP) is 6.51. The van der Waals surface area contributed by atoms with Gasteiger partial charge in [0, 0.05) is 78.5 Å². The highest BCUT2D eigenvalue weighted by Gasteiger charge is 2.20. The molecule has 0 heterocycles. The van der Waals surface area contributed by atoms with E-state index >= 15 is 0 Å². The summed E-state index contributed by atoms with van der Waals surface area (Å²) in [6.07, 6.45) is 1.07. The van der Waals surface area contributed by atoms with Gasteiger partial charge in [-0.1, -0.05) is 121 Å². The number of benzene rings is 4. The molecule has 4 aromatic carbocycles. The fraction of sp³-hybridized carbons (Fsp3) is 0.483. The number of ether oxygens (including phenoxy) is 5. The number of nitrogens with one attached hydrogen (secondary N) is 6. The van der Waals surface area contributed by atoms with Crippen molar-refractivity contribution in [3.63, 3.8) is 0 Å². The second kappa shape index (κ2) is 39.6. The van der Waals surface area contributed by atoms with Gasteiger partial charge in [0.2, 0.25) is 11.8 Å². The summed E-state index contributed by atoms with van der Waals surface area (Å²) in [6, 6.07) is 37.5. The molecule has 21 nitrogen and oxygen atoms in total. The van der Waals surface area contributed by atoms with Gasteiger partial charge in [-0.3, -0.25) is 29.1 Å². The molecule has 0 aliphatic rings. The van der Waals surface area contributed by atoms with E-state index in [0.717, 1.165) is 22.3 Å². The molecule has 0 aliphatic heterocycles. The van der Waals surface area contributed by atoms with E-state index in [1.165, 1.54) is 0 Å². The van der Waals surface area contributed by atoms with E-state index in [2.05, 4.69) is 31.9 Å². The maximum Gasteiger partial charge on any atom is 0.407 e. The molecule has 4 rings (SSSR count). The number of hydrogen-bond donors (Lipinski definition) is 6. The van der Waals surface area contributed by atoms with Crippen LogP contribution in [0.3, 0.4) is 0 Å². The summed E-state index contributed by atoms with van der Waals surface area (Å²) in [4.78, 5) is 95.0. The fourth-order valence-electron chi connectivity index (χ4n) is 8.01. The Bertz CT molecular complexity index is 2140. The summed E-state index contributed by atoms with van der Waals surface area (Å²) in [6.45, 7) is 11.0. The van der Waals surface area contributed by atoms with Crippen LogP contribution >= 0.6 is 0 Å². The van der Waals surface area contributed by atoms with Gasteiger partial charge in [-0.2, -0.15) is 0 Å². The normalized spacial score (nSPS) is 11.1. The van der Waals surface area contributed by atoms with E-state index < -0.39 is 35.9 Å². The van der Waals surface area contributed by atoms with Crippen LogP contribution in [0.4, 0.5) is 19.2 Å². The molecule has 21 heteroatoms.